The minimum atomic E-state index is 0.0164. The number of carbonyl (C=O) groups excluding carboxylic acids is 2. The summed E-state index contributed by atoms with van der Waals surface area (Å²) in [6.45, 7) is 3.32. The zero-order chi connectivity index (χ0) is 18.5. The van der Waals surface area contributed by atoms with E-state index < -0.39 is 0 Å². The van der Waals surface area contributed by atoms with Crippen molar-refractivity contribution < 1.29 is 14.3 Å². The molecule has 1 aliphatic rings. The molecular formula is C22H25NO3. The SMILES string of the molecule is COc1ccc(CC(=O)N2CCC(C(=O)c3ccc(C)cc3)CC2)cc1. The van der Waals surface area contributed by atoms with E-state index in [-0.39, 0.29) is 17.6 Å². The zero-order valence-electron chi connectivity index (χ0n) is 15.4. The van der Waals surface area contributed by atoms with Gasteiger partial charge in [-0.2, -0.15) is 0 Å². The normalized spacial score (nSPS) is 14.9. The van der Waals surface area contributed by atoms with E-state index in [2.05, 4.69) is 0 Å². The van der Waals surface area contributed by atoms with Crippen LogP contribution in [0.4, 0.5) is 0 Å². The van der Waals surface area contributed by atoms with E-state index in [9.17, 15) is 9.59 Å². The first-order valence-corrected chi connectivity index (χ1v) is 9.08. The van der Waals surface area contributed by atoms with Crippen LogP contribution in [0.15, 0.2) is 48.5 Å². The third kappa shape index (κ3) is 4.31. The Morgan fingerprint density at radius 1 is 1.00 bits per heavy atom. The number of Topliss-reactive ketones (excluding diaryl/α,β-unsaturated/α-hetero) is 1. The third-order valence-corrected chi connectivity index (χ3v) is 5.07. The van der Waals surface area contributed by atoms with Gasteiger partial charge in [0, 0.05) is 24.6 Å². The van der Waals surface area contributed by atoms with Crippen LogP contribution in [0, 0.1) is 12.8 Å². The Bertz CT molecular complexity index is 757. The molecule has 4 heteroatoms. The van der Waals surface area contributed by atoms with Crippen molar-refractivity contribution in [2.75, 3.05) is 20.2 Å². The van der Waals surface area contributed by atoms with Gasteiger partial charge in [0.25, 0.3) is 0 Å². The highest BCUT2D eigenvalue weighted by Gasteiger charge is 2.27. The summed E-state index contributed by atoms with van der Waals surface area (Å²) >= 11 is 0. The molecule has 2 aromatic carbocycles. The molecule has 0 aromatic heterocycles. The van der Waals surface area contributed by atoms with Gasteiger partial charge in [0.2, 0.25) is 5.91 Å². The molecule has 0 unspecified atom stereocenters. The quantitative estimate of drug-likeness (QED) is 0.772. The van der Waals surface area contributed by atoms with Gasteiger partial charge in [-0.15, -0.1) is 0 Å². The Kier molecular flexibility index (Phi) is 5.71. The van der Waals surface area contributed by atoms with Crippen LogP contribution in [0.5, 0.6) is 5.75 Å². The predicted molar refractivity (Wildman–Crippen MR) is 102 cm³/mol. The van der Waals surface area contributed by atoms with Crippen molar-refractivity contribution in [1.29, 1.82) is 0 Å². The van der Waals surface area contributed by atoms with Crippen LogP contribution in [0.3, 0.4) is 0 Å². The number of likely N-dealkylation sites (tertiary alicyclic amines) is 1. The number of carbonyl (C=O) groups is 2. The molecule has 1 fully saturated rings. The number of hydrogen-bond acceptors (Lipinski definition) is 3. The van der Waals surface area contributed by atoms with E-state index in [1.54, 1.807) is 7.11 Å². The monoisotopic (exact) mass is 351 g/mol. The summed E-state index contributed by atoms with van der Waals surface area (Å²) in [5, 5.41) is 0. The first-order chi connectivity index (χ1) is 12.6. The number of ketones is 1. The first-order valence-electron chi connectivity index (χ1n) is 9.08. The highest BCUT2D eigenvalue weighted by atomic mass is 16.5. The number of nitrogens with zero attached hydrogens (tertiary/aromatic N) is 1. The molecule has 0 radical (unpaired) electrons. The van der Waals surface area contributed by atoms with E-state index >= 15 is 0 Å². The van der Waals surface area contributed by atoms with Crippen LogP contribution in [-0.2, 0) is 11.2 Å². The van der Waals surface area contributed by atoms with Gasteiger partial charge >= 0.3 is 0 Å². The van der Waals surface area contributed by atoms with Gasteiger partial charge in [0.05, 0.1) is 13.5 Å². The summed E-state index contributed by atoms with van der Waals surface area (Å²) < 4.78 is 5.14. The summed E-state index contributed by atoms with van der Waals surface area (Å²) in [5.74, 6) is 1.13. The second kappa shape index (κ2) is 8.17. The van der Waals surface area contributed by atoms with Crippen LogP contribution in [0.1, 0.15) is 34.3 Å². The summed E-state index contributed by atoms with van der Waals surface area (Å²) in [6, 6.07) is 15.3. The molecule has 2 aromatic rings. The van der Waals surface area contributed by atoms with Crippen molar-refractivity contribution in [2.24, 2.45) is 5.92 Å². The molecule has 0 bridgehead atoms. The second-order valence-corrected chi connectivity index (χ2v) is 6.91. The molecule has 0 N–H and O–H groups in total. The molecular weight excluding hydrogens is 326 g/mol. The van der Waals surface area contributed by atoms with E-state index in [0.29, 0.717) is 19.5 Å². The van der Waals surface area contributed by atoms with Gasteiger partial charge in [-0.3, -0.25) is 9.59 Å². The lowest BCUT2D eigenvalue weighted by Gasteiger charge is -2.31. The minimum absolute atomic E-state index is 0.0164. The topological polar surface area (TPSA) is 46.6 Å². The van der Waals surface area contributed by atoms with Crippen molar-refractivity contribution in [3.63, 3.8) is 0 Å². The zero-order valence-corrected chi connectivity index (χ0v) is 15.4. The maximum Gasteiger partial charge on any atom is 0.226 e. The summed E-state index contributed by atoms with van der Waals surface area (Å²) in [6.07, 6.45) is 1.86. The maximum absolute atomic E-state index is 12.6. The Morgan fingerprint density at radius 2 is 1.62 bits per heavy atom. The number of hydrogen-bond donors (Lipinski definition) is 0. The van der Waals surface area contributed by atoms with Crippen LogP contribution in [0.2, 0.25) is 0 Å². The largest absolute Gasteiger partial charge is 0.497 e. The van der Waals surface area contributed by atoms with Gasteiger partial charge in [0.1, 0.15) is 5.75 Å². The smallest absolute Gasteiger partial charge is 0.226 e. The van der Waals surface area contributed by atoms with Crippen molar-refractivity contribution in [1.82, 2.24) is 4.90 Å². The molecule has 0 spiro atoms. The highest BCUT2D eigenvalue weighted by molar-refractivity contribution is 5.98. The first kappa shape index (κ1) is 18.2. The lowest BCUT2D eigenvalue weighted by Crippen LogP contribution is -2.41. The Hall–Kier alpha value is -2.62. The van der Waals surface area contributed by atoms with Crippen LogP contribution >= 0.6 is 0 Å². The Labute approximate surface area is 154 Å². The van der Waals surface area contributed by atoms with Crippen LogP contribution < -0.4 is 4.74 Å². The van der Waals surface area contributed by atoms with E-state index in [1.165, 1.54) is 0 Å². The molecule has 0 atom stereocenters. The molecule has 26 heavy (non-hydrogen) atoms. The molecule has 1 amide bonds. The molecule has 3 rings (SSSR count). The molecule has 136 valence electrons. The van der Waals surface area contributed by atoms with E-state index in [0.717, 1.165) is 35.3 Å². The number of ether oxygens (including phenoxy) is 1. The average molecular weight is 351 g/mol. The molecule has 1 aliphatic heterocycles. The highest BCUT2D eigenvalue weighted by Crippen LogP contribution is 2.23. The van der Waals surface area contributed by atoms with Gasteiger partial charge in [-0.05, 0) is 37.5 Å². The van der Waals surface area contributed by atoms with E-state index in [1.807, 2.05) is 60.4 Å². The number of piperidine rings is 1. The summed E-state index contributed by atoms with van der Waals surface area (Å²) in [5.41, 5.74) is 2.91. The number of amides is 1. The fraction of sp³-hybridized carbons (Fsp3) is 0.364. The summed E-state index contributed by atoms with van der Waals surface area (Å²) in [4.78, 5) is 27.0. The van der Waals surface area contributed by atoms with Gasteiger partial charge < -0.3 is 9.64 Å². The second-order valence-electron chi connectivity index (χ2n) is 6.91. The number of rotatable bonds is 5. The molecule has 1 saturated heterocycles. The summed E-state index contributed by atoms with van der Waals surface area (Å²) in [7, 11) is 1.63. The fourth-order valence-electron chi connectivity index (χ4n) is 3.37. The molecule has 0 saturated carbocycles. The van der Waals surface area contributed by atoms with Crippen molar-refractivity contribution >= 4 is 11.7 Å². The van der Waals surface area contributed by atoms with Gasteiger partial charge in [0.15, 0.2) is 5.78 Å². The Balaban J connectivity index is 1.53. The van der Waals surface area contributed by atoms with Gasteiger partial charge in [-0.1, -0.05) is 42.0 Å². The number of aryl methyl sites for hydroxylation is 1. The van der Waals surface area contributed by atoms with E-state index in [4.69, 9.17) is 4.74 Å². The lowest BCUT2D eigenvalue weighted by atomic mass is 9.88. The average Bonchev–Trinajstić information content (AvgIpc) is 2.69. The lowest BCUT2D eigenvalue weighted by molar-refractivity contribution is -0.131. The molecule has 4 nitrogen and oxygen atoms in total. The van der Waals surface area contributed by atoms with Crippen molar-refractivity contribution in [2.45, 2.75) is 26.2 Å². The molecule has 1 heterocycles. The number of methoxy groups -OCH3 is 1. The van der Waals surface area contributed by atoms with Crippen LogP contribution in [-0.4, -0.2) is 36.8 Å². The van der Waals surface area contributed by atoms with Crippen LogP contribution in [0.25, 0.3) is 0 Å². The molecule has 0 aliphatic carbocycles. The fourth-order valence-corrected chi connectivity index (χ4v) is 3.37. The predicted octanol–water partition coefficient (Wildman–Crippen LogP) is 3.67. The minimum Gasteiger partial charge on any atom is -0.497 e. The van der Waals surface area contributed by atoms with Crippen molar-refractivity contribution in [3.05, 3.63) is 65.2 Å². The van der Waals surface area contributed by atoms with Gasteiger partial charge in [-0.25, -0.2) is 0 Å². The maximum atomic E-state index is 12.6. The number of benzene rings is 2. The Morgan fingerprint density at radius 3 is 2.19 bits per heavy atom. The standard InChI is InChI=1S/C22H25NO3/c1-16-3-7-18(8-4-16)22(25)19-11-13-23(14-12-19)21(24)15-17-5-9-20(26-2)10-6-17/h3-10,19H,11-15H2,1-2H3. The van der Waals surface area contributed by atoms with Crippen molar-refractivity contribution in [3.8, 4) is 5.75 Å². The third-order valence-electron chi connectivity index (χ3n) is 5.07.